The third kappa shape index (κ3) is 3.47. The number of carbonyl (C=O) groups is 1. The average molecular weight is 378 g/mol. The van der Waals surface area contributed by atoms with E-state index in [1.165, 1.54) is 0 Å². The number of hydrogen-bond donors (Lipinski definition) is 2. The van der Waals surface area contributed by atoms with Gasteiger partial charge in [-0.3, -0.25) is 4.79 Å². The zero-order valence-corrected chi connectivity index (χ0v) is 15.2. The van der Waals surface area contributed by atoms with Crippen LogP contribution in [-0.2, 0) is 0 Å². The van der Waals surface area contributed by atoms with E-state index >= 15 is 0 Å². The number of benzene rings is 2. The molecule has 4 aromatic rings. The van der Waals surface area contributed by atoms with E-state index in [0.29, 0.717) is 16.5 Å². The lowest BCUT2D eigenvalue weighted by Gasteiger charge is -2.03. The van der Waals surface area contributed by atoms with E-state index in [1.54, 1.807) is 23.7 Å². The minimum absolute atomic E-state index is 0.126. The number of pyridine rings is 1. The molecule has 0 aliphatic heterocycles. The van der Waals surface area contributed by atoms with E-state index in [9.17, 15) is 4.79 Å². The van der Waals surface area contributed by atoms with Crippen molar-refractivity contribution in [2.24, 2.45) is 0 Å². The highest BCUT2D eigenvalue weighted by Gasteiger charge is 2.10. The lowest BCUT2D eigenvalue weighted by molar-refractivity contribution is 0.0963. The van der Waals surface area contributed by atoms with Crippen LogP contribution in [0.4, 0.5) is 11.6 Å². The van der Waals surface area contributed by atoms with Crippen LogP contribution in [0.2, 0.25) is 5.02 Å². The second kappa shape index (κ2) is 7.09. The molecule has 0 fully saturated rings. The molecule has 2 aromatic carbocycles. The van der Waals surface area contributed by atoms with E-state index < -0.39 is 0 Å². The van der Waals surface area contributed by atoms with Crippen molar-refractivity contribution in [1.29, 1.82) is 0 Å². The Morgan fingerprint density at radius 3 is 2.63 bits per heavy atom. The number of carbonyl (C=O) groups excluding carboxylic acids is 1. The molecule has 0 spiro atoms. The van der Waals surface area contributed by atoms with Gasteiger partial charge in [0.05, 0.1) is 0 Å². The number of aromatic nitrogens is 3. The number of hydrogen-bond acceptors (Lipinski definition) is 4. The van der Waals surface area contributed by atoms with Crippen LogP contribution in [0.1, 0.15) is 10.4 Å². The number of anilines is 2. The minimum Gasteiger partial charge on any atom is -0.355 e. The van der Waals surface area contributed by atoms with Gasteiger partial charge in [-0.2, -0.15) is 4.98 Å². The predicted octanol–water partition coefficient (Wildman–Crippen LogP) is 4.15. The van der Waals surface area contributed by atoms with Gasteiger partial charge in [-0.05, 0) is 54.1 Å². The third-order valence-corrected chi connectivity index (χ3v) is 4.36. The van der Waals surface area contributed by atoms with Crippen molar-refractivity contribution in [3.8, 4) is 11.1 Å². The Kier molecular flexibility index (Phi) is 4.48. The van der Waals surface area contributed by atoms with Gasteiger partial charge in [-0.15, -0.1) is 5.10 Å². The summed E-state index contributed by atoms with van der Waals surface area (Å²) in [6, 6.07) is 18.6. The third-order valence-electron chi connectivity index (χ3n) is 4.13. The van der Waals surface area contributed by atoms with Gasteiger partial charge < -0.3 is 10.6 Å². The zero-order chi connectivity index (χ0) is 18.8. The zero-order valence-electron chi connectivity index (χ0n) is 14.5. The van der Waals surface area contributed by atoms with Crippen LogP contribution in [-0.4, -0.2) is 27.6 Å². The van der Waals surface area contributed by atoms with Gasteiger partial charge in [-0.25, -0.2) is 4.52 Å². The summed E-state index contributed by atoms with van der Waals surface area (Å²) < 4.78 is 1.72. The van der Waals surface area contributed by atoms with Gasteiger partial charge in [-0.1, -0.05) is 23.7 Å². The molecular formula is C20H16ClN5O. The summed E-state index contributed by atoms with van der Waals surface area (Å²) in [6.45, 7) is 0. The number of fused-ring (bicyclic) bond motifs is 1. The van der Waals surface area contributed by atoms with Crippen LogP contribution in [0.3, 0.4) is 0 Å². The maximum Gasteiger partial charge on any atom is 0.251 e. The van der Waals surface area contributed by atoms with Crippen LogP contribution >= 0.6 is 11.6 Å². The lowest BCUT2D eigenvalue weighted by Crippen LogP contribution is -2.17. The molecule has 7 heteroatoms. The molecule has 2 heterocycles. The lowest BCUT2D eigenvalue weighted by atomic mass is 10.1. The SMILES string of the molecule is CNC(=O)c1ccc(Nc2nc3c(-c4cccc(Cl)c4)cccn3n2)cc1. The van der Waals surface area contributed by atoms with Gasteiger partial charge in [0.1, 0.15) is 0 Å². The molecule has 4 rings (SSSR count). The quantitative estimate of drug-likeness (QED) is 0.560. The number of rotatable bonds is 4. The van der Waals surface area contributed by atoms with Crippen molar-refractivity contribution in [3.63, 3.8) is 0 Å². The highest BCUT2D eigenvalue weighted by Crippen LogP contribution is 2.27. The van der Waals surface area contributed by atoms with Crippen LogP contribution in [0.5, 0.6) is 0 Å². The van der Waals surface area contributed by atoms with Crippen molar-refractivity contribution in [2.75, 3.05) is 12.4 Å². The van der Waals surface area contributed by atoms with Crippen molar-refractivity contribution >= 4 is 34.8 Å². The first-order chi connectivity index (χ1) is 13.1. The second-order valence-electron chi connectivity index (χ2n) is 5.92. The molecule has 0 saturated carbocycles. The van der Waals surface area contributed by atoms with Crippen molar-refractivity contribution in [3.05, 3.63) is 77.4 Å². The summed E-state index contributed by atoms with van der Waals surface area (Å²) in [5, 5.41) is 10.9. The summed E-state index contributed by atoms with van der Waals surface area (Å²) in [6.07, 6.45) is 1.84. The van der Waals surface area contributed by atoms with Crippen LogP contribution in [0.25, 0.3) is 16.8 Å². The average Bonchev–Trinajstić information content (AvgIpc) is 3.10. The van der Waals surface area contributed by atoms with Gasteiger partial charge in [0.2, 0.25) is 5.95 Å². The number of amides is 1. The number of halogens is 1. The summed E-state index contributed by atoms with van der Waals surface area (Å²) >= 11 is 6.12. The molecule has 0 atom stereocenters. The Labute approximate surface area is 160 Å². The number of nitrogens with zero attached hydrogens (tertiary/aromatic N) is 3. The highest BCUT2D eigenvalue weighted by atomic mass is 35.5. The van der Waals surface area contributed by atoms with Gasteiger partial charge in [0, 0.05) is 35.1 Å². The molecule has 0 bridgehead atoms. The Bertz CT molecular complexity index is 1120. The monoisotopic (exact) mass is 377 g/mol. The summed E-state index contributed by atoms with van der Waals surface area (Å²) in [5.74, 6) is 0.343. The van der Waals surface area contributed by atoms with E-state index in [1.807, 2.05) is 54.7 Å². The molecular weight excluding hydrogens is 362 g/mol. The molecule has 27 heavy (non-hydrogen) atoms. The molecule has 0 unspecified atom stereocenters. The Morgan fingerprint density at radius 2 is 1.89 bits per heavy atom. The maximum absolute atomic E-state index is 11.6. The molecule has 0 radical (unpaired) electrons. The van der Waals surface area contributed by atoms with Crippen molar-refractivity contribution in [1.82, 2.24) is 19.9 Å². The number of nitrogens with one attached hydrogen (secondary N) is 2. The standard InChI is InChI=1S/C20H16ClN5O/c1-22-19(27)13-7-9-16(10-8-13)23-20-24-18-17(6-3-11-26(18)25-20)14-4-2-5-15(21)12-14/h2-12H,1H3,(H,22,27)(H,23,25). The molecule has 1 amide bonds. The molecule has 2 aromatic heterocycles. The molecule has 0 aliphatic rings. The van der Waals surface area contributed by atoms with Gasteiger partial charge >= 0.3 is 0 Å². The van der Waals surface area contributed by atoms with Crippen LogP contribution in [0.15, 0.2) is 66.9 Å². The fraction of sp³-hybridized carbons (Fsp3) is 0.0500. The van der Waals surface area contributed by atoms with E-state index in [-0.39, 0.29) is 5.91 Å². The molecule has 134 valence electrons. The predicted molar refractivity (Wildman–Crippen MR) is 107 cm³/mol. The largest absolute Gasteiger partial charge is 0.355 e. The second-order valence-corrected chi connectivity index (χ2v) is 6.35. The molecule has 6 nitrogen and oxygen atoms in total. The Hall–Kier alpha value is -3.38. The van der Waals surface area contributed by atoms with E-state index in [2.05, 4.69) is 20.7 Å². The highest BCUT2D eigenvalue weighted by molar-refractivity contribution is 6.30. The minimum atomic E-state index is -0.126. The van der Waals surface area contributed by atoms with Crippen LogP contribution < -0.4 is 10.6 Å². The van der Waals surface area contributed by atoms with Crippen molar-refractivity contribution in [2.45, 2.75) is 0 Å². The van der Waals surface area contributed by atoms with Crippen LogP contribution in [0, 0.1) is 0 Å². The van der Waals surface area contributed by atoms with Gasteiger partial charge in [0.25, 0.3) is 5.91 Å². The summed E-state index contributed by atoms with van der Waals surface area (Å²) in [4.78, 5) is 16.2. The first kappa shape index (κ1) is 17.1. The molecule has 0 aliphatic carbocycles. The van der Waals surface area contributed by atoms with Crippen molar-refractivity contribution < 1.29 is 4.79 Å². The summed E-state index contributed by atoms with van der Waals surface area (Å²) in [5.41, 5.74) is 4.03. The Morgan fingerprint density at radius 1 is 1.07 bits per heavy atom. The molecule has 0 saturated heterocycles. The van der Waals surface area contributed by atoms with E-state index in [4.69, 9.17) is 11.6 Å². The first-order valence-corrected chi connectivity index (χ1v) is 8.72. The first-order valence-electron chi connectivity index (χ1n) is 8.34. The fourth-order valence-corrected chi connectivity index (χ4v) is 3.01. The maximum atomic E-state index is 11.6. The van der Waals surface area contributed by atoms with E-state index in [0.717, 1.165) is 22.5 Å². The normalized spacial score (nSPS) is 10.7. The van der Waals surface area contributed by atoms with Gasteiger partial charge in [0.15, 0.2) is 5.65 Å². The topological polar surface area (TPSA) is 71.3 Å². The summed E-state index contributed by atoms with van der Waals surface area (Å²) in [7, 11) is 1.60. The fourth-order valence-electron chi connectivity index (χ4n) is 2.82. The smallest absolute Gasteiger partial charge is 0.251 e. The Balaban J connectivity index is 1.66. The molecule has 2 N–H and O–H groups in total.